The fraction of sp³-hybridized carbons (Fsp3) is 0.571. The van der Waals surface area contributed by atoms with Gasteiger partial charge in [-0.25, -0.2) is 4.39 Å². The molecule has 0 amide bonds. The van der Waals surface area contributed by atoms with Crippen LogP contribution in [0.2, 0.25) is 0 Å². The van der Waals surface area contributed by atoms with Crippen LogP contribution in [0, 0.1) is 17.2 Å². The summed E-state index contributed by atoms with van der Waals surface area (Å²) in [7, 11) is 0. The van der Waals surface area contributed by atoms with E-state index in [1.54, 1.807) is 6.07 Å². The quantitative estimate of drug-likeness (QED) is 0.804. The van der Waals surface area contributed by atoms with E-state index in [-0.39, 0.29) is 5.82 Å². The molecule has 1 nitrogen and oxygen atoms in total. The van der Waals surface area contributed by atoms with Crippen LogP contribution in [0.15, 0.2) is 24.3 Å². The molecule has 16 heavy (non-hydrogen) atoms. The van der Waals surface area contributed by atoms with Crippen molar-refractivity contribution in [2.24, 2.45) is 11.3 Å². The van der Waals surface area contributed by atoms with Crippen molar-refractivity contribution in [3.63, 3.8) is 0 Å². The van der Waals surface area contributed by atoms with Crippen LogP contribution in [0.1, 0.15) is 32.3 Å². The van der Waals surface area contributed by atoms with Gasteiger partial charge in [0.25, 0.3) is 0 Å². The molecule has 0 unspecified atom stereocenters. The van der Waals surface area contributed by atoms with Crippen molar-refractivity contribution in [1.29, 1.82) is 0 Å². The van der Waals surface area contributed by atoms with Crippen LogP contribution in [-0.2, 0) is 6.54 Å². The van der Waals surface area contributed by atoms with E-state index >= 15 is 0 Å². The summed E-state index contributed by atoms with van der Waals surface area (Å²) in [6.07, 6.45) is 2.63. The summed E-state index contributed by atoms with van der Waals surface area (Å²) in [5.41, 5.74) is 1.26. The molecule has 1 aliphatic carbocycles. The molecule has 2 rings (SSSR count). The number of rotatable bonds is 5. The zero-order valence-electron chi connectivity index (χ0n) is 10.1. The van der Waals surface area contributed by atoms with E-state index in [1.807, 2.05) is 12.1 Å². The third kappa shape index (κ3) is 2.43. The Balaban J connectivity index is 1.83. The number of halogens is 1. The van der Waals surface area contributed by atoms with Gasteiger partial charge in [0.1, 0.15) is 5.82 Å². The first-order valence-corrected chi connectivity index (χ1v) is 6.08. The molecule has 2 heteroatoms. The Kier molecular flexibility index (Phi) is 3.29. The van der Waals surface area contributed by atoms with Gasteiger partial charge in [0.15, 0.2) is 0 Å². The summed E-state index contributed by atoms with van der Waals surface area (Å²) in [6, 6.07) is 6.98. The second-order valence-corrected chi connectivity index (χ2v) is 5.21. The fourth-order valence-electron chi connectivity index (χ4n) is 2.21. The maximum absolute atomic E-state index is 13.3. The number of benzene rings is 1. The van der Waals surface area contributed by atoms with Gasteiger partial charge in [-0.15, -0.1) is 0 Å². The van der Waals surface area contributed by atoms with Crippen molar-refractivity contribution in [3.05, 3.63) is 35.6 Å². The molecule has 0 heterocycles. The minimum Gasteiger partial charge on any atom is -0.312 e. The predicted octanol–water partition coefficient (Wildman–Crippen LogP) is 3.35. The second kappa shape index (κ2) is 4.54. The Labute approximate surface area is 97.1 Å². The topological polar surface area (TPSA) is 12.0 Å². The Bertz CT molecular complexity index is 356. The number of hydrogen-bond acceptors (Lipinski definition) is 1. The lowest BCUT2D eigenvalue weighted by Gasteiger charge is -2.20. The molecule has 0 aliphatic heterocycles. The van der Waals surface area contributed by atoms with E-state index in [0.29, 0.717) is 12.0 Å². The highest BCUT2D eigenvalue weighted by atomic mass is 19.1. The summed E-state index contributed by atoms with van der Waals surface area (Å²) in [4.78, 5) is 0. The van der Waals surface area contributed by atoms with Crippen LogP contribution in [0.4, 0.5) is 4.39 Å². The summed E-state index contributed by atoms with van der Waals surface area (Å²) in [6.45, 7) is 6.20. The molecule has 0 spiro atoms. The van der Waals surface area contributed by atoms with Gasteiger partial charge < -0.3 is 5.32 Å². The van der Waals surface area contributed by atoms with E-state index in [1.165, 1.54) is 18.9 Å². The summed E-state index contributed by atoms with van der Waals surface area (Å²) in [5.74, 6) is 0.616. The smallest absolute Gasteiger partial charge is 0.127 e. The van der Waals surface area contributed by atoms with Gasteiger partial charge in [-0.1, -0.05) is 32.0 Å². The van der Waals surface area contributed by atoms with Gasteiger partial charge in [0.05, 0.1) is 0 Å². The molecular formula is C14H20FN. The minimum absolute atomic E-state index is 0.107. The lowest BCUT2D eigenvalue weighted by atomic mass is 9.92. The number of hydrogen-bond donors (Lipinski definition) is 1. The van der Waals surface area contributed by atoms with Crippen LogP contribution in [0.5, 0.6) is 0 Å². The first-order chi connectivity index (χ1) is 7.64. The first-order valence-electron chi connectivity index (χ1n) is 6.08. The zero-order valence-corrected chi connectivity index (χ0v) is 10.1. The standard InChI is InChI=1S/C14H20FN/c1-11(2)14(7-8-14)10-16-9-12-5-3-4-6-13(12)15/h3-6,11,16H,7-10H2,1-2H3. The second-order valence-electron chi connectivity index (χ2n) is 5.21. The molecule has 1 aromatic rings. The Morgan fingerprint density at radius 1 is 1.31 bits per heavy atom. The van der Waals surface area contributed by atoms with Gasteiger partial charge in [-0.2, -0.15) is 0 Å². The van der Waals surface area contributed by atoms with Crippen LogP contribution >= 0.6 is 0 Å². The highest BCUT2D eigenvalue weighted by Gasteiger charge is 2.44. The highest BCUT2D eigenvalue weighted by molar-refractivity contribution is 5.17. The molecule has 0 radical (unpaired) electrons. The van der Waals surface area contributed by atoms with Crippen LogP contribution < -0.4 is 5.32 Å². The van der Waals surface area contributed by atoms with Crippen LogP contribution in [0.25, 0.3) is 0 Å². The average Bonchev–Trinajstić information content (AvgIpc) is 3.02. The maximum atomic E-state index is 13.3. The van der Waals surface area contributed by atoms with E-state index in [2.05, 4.69) is 19.2 Å². The van der Waals surface area contributed by atoms with Gasteiger partial charge >= 0.3 is 0 Å². The third-order valence-electron chi connectivity index (χ3n) is 3.87. The molecule has 0 bridgehead atoms. The summed E-state index contributed by atoms with van der Waals surface area (Å²) >= 11 is 0. The monoisotopic (exact) mass is 221 g/mol. The highest BCUT2D eigenvalue weighted by Crippen LogP contribution is 2.51. The normalized spacial score (nSPS) is 17.8. The van der Waals surface area contributed by atoms with Gasteiger partial charge in [-0.05, 0) is 30.2 Å². The third-order valence-corrected chi connectivity index (χ3v) is 3.87. The Hall–Kier alpha value is -0.890. The molecule has 1 aliphatic rings. The van der Waals surface area contributed by atoms with Gasteiger partial charge in [-0.3, -0.25) is 0 Å². The van der Waals surface area contributed by atoms with E-state index in [9.17, 15) is 4.39 Å². The summed E-state index contributed by atoms with van der Waals surface area (Å²) < 4.78 is 13.3. The Morgan fingerprint density at radius 2 is 2.00 bits per heavy atom. The molecule has 1 N–H and O–H groups in total. The molecular weight excluding hydrogens is 201 g/mol. The van der Waals surface area contributed by atoms with Crippen LogP contribution in [-0.4, -0.2) is 6.54 Å². The molecule has 1 saturated carbocycles. The molecule has 1 fully saturated rings. The molecule has 0 saturated heterocycles. The predicted molar refractivity (Wildman–Crippen MR) is 64.6 cm³/mol. The van der Waals surface area contributed by atoms with Crippen molar-refractivity contribution < 1.29 is 4.39 Å². The van der Waals surface area contributed by atoms with Crippen LogP contribution in [0.3, 0.4) is 0 Å². The summed E-state index contributed by atoms with van der Waals surface area (Å²) in [5, 5.41) is 3.39. The van der Waals surface area contributed by atoms with Gasteiger partial charge in [0.2, 0.25) is 0 Å². The largest absolute Gasteiger partial charge is 0.312 e. The van der Waals surface area contributed by atoms with E-state index in [0.717, 1.165) is 18.0 Å². The molecule has 88 valence electrons. The SMILES string of the molecule is CC(C)C1(CNCc2ccccc2F)CC1. The zero-order chi connectivity index (χ0) is 11.6. The molecule has 0 aromatic heterocycles. The lowest BCUT2D eigenvalue weighted by Crippen LogP contribution is -2.27. The van der Waals surface area contributed by atoms with Crippen molar-refractivity contribution in [2.75, 3.05) is 6.54 Å². The minimum atomic E-state index is -0.107. The fourth-order valence-corrected chi connectivity index (χ4v) is 2.21. The van der Waals surface area contributed by atoms with Crippen molar-refractivity contribution in [3.8, 4) is 0 Å². The van der Waals surface area contributed by atoms with Crippen molar-refractivity contribution >= 4 is 0 Å². The Morgan fingerprint density at radius 3 is 2.56 bits per heavy atom. The molecule has 1 aromatic carbocycles. The van der Waals surface area contributed by atoms with Crippen molar-refractivity contribution in [2.45, 2.75) is 33.2 Å². The first kappa shape index (κ1) is 11.6. The maximum Gasteiger partial charge on any atom is 0.127 e. The van der Waals surface area contributed by atoms with Gasteiger partial charge in [0, 0.05) is 18.7 Å². The van der Waals surface area contributed by atoms with E-state index in [4.69, 9.17) is 0 Å². The lowest BCUT2D eigenvalue weighted by molar-refractivity contribution is 0.337. The average molecular weight is 221 g/mol. The van der Waals surface area contributed by atoms with Crippen molar-refractivity contribution in [1.82, 2.24) is 5.32 Å². The number of nitrogens with one attached hydrogen (secondary N) is 1. The van der Waals surface area contributed by atoms with E-state index < -0.39 is 0 Å². The molecule has 0 atom stereocenters.